The Morgan fingerprint density at radius 3 is 2.84 bits per heavy atom. The van der Waals surface area contributed by atoms with Crippen LogP contribution in [0.2, 0.25) is 0 Å². The zero-order valence-electron chi connectivity index (χ0n) is 13.6. The lowest BCUT2D eigenvalue weighted by Crippen LogP contribution is -2.20. The first-order valence-corrected chi connectivity index (χ1v) is 9.11. The summed E-state index contributed by atoms with van der Waals surface area (Å²) in [5.41, 5.74) is 8.73. The number of fused-ring (bicyclic) bond motifs is 1. The van der Waals surface area contributed by atoms with Gasteiger partial charge in [-0.1, -0.05) is 12.8 Å². The van der Waals surface area contributed by atoms with Gasteiger partial charge in [-0.15, -0.1) is 0 Å². The number of aromatic amines is 1. The van der Waals surface area contributed by atoms with Gasteiger partial charge in [-0.05, 0) is 64.2 Å². The smallest absolute Gasteiger partial charge is 0.228 e. The Hall–Kier alpha value is -2.41. The number of nitrogens with zero attached hydrogens (tertiary/aromatic N) is 2. The second kappa shape index (κ2) is 6.48. The Morgan fingerprint density at radius 1 is 1.24 bits per heavy atom. The molecule has 6 nitrogen and oxygen atoms in total. The first-order chi connectivity index (χ1) is 12.1. The van der Waals surface area contributed by atoms with E-state index in [1.165, 1.54) is 0 Å². The Labute approximate surface area is 153 Å². The Morgan fingerprint density at radius 2 is 2.04 bits per heavy atom. The molecule has 128 valence electrons. The minimum absolute atomic E-state index is 0.0675. The minimum Gasteiger partial charge on any atom is -0.382 e. The fourth-order valence-electron chi connectivity index (χ4n) is 3.36. The third-order valence-corrected chi connectivity index (χ3v) is 5.35. The summed E-state index contributed by atoms with van der Waals surface area (Å²) in [5.74, 6) is 1.21. The number of amides is 1. The second-order valence-electron chi connectivity index (χ2n) is 6.39. The molecule has 2 heterocycles. The van der Waals surface area contributed by atoms with Crippen molar-refractivity contribution in [1.82, 2.24) is 15.2 Å². The number of pyridine rings is 1. The maximum Gasteiger partial charge on any atom is 0.228 e. The van der Waals surface area contributed by atoms with Crippen molar-refractivity contribution >= 4 is 44.4 Å². The number of halogens is 1. The van der Waals surface area contributed by atoms with Crippen LogP contribution in [0.5, 0.6) is 0 Å². The number of aromatic nitrogens is 3. The van der Waals surface area contributed by atoms with Gasteiger partial charge in [-0.3, -0.25) is 9.89 Å². The third kappa shape index (κ3) is 3.11. The number of carbonyl (C=O) groups excluding carboxylic acids is 1. The van der Waals surface area contributed by atoms with Crippen LogP contribution in [0.25, 0.3) is 22.0 Å². The molecule has 3 aromatic rings. The van der Waals surface area contributed by atoms with E-state index in [-0.39, 0.29) is 11.8 Å². The lowest BCUT2D eigenvalue weighted by molar-refractivity contribution is -0.119. The average molecular weight is 400 g/mol. The van der Waals surface area contributed by atoms with Crippen LogP contribution in [0.4, 0.5) is 11.6 Å². The van der Waals surface area contributed by atoms with Gasteiger partial charge in [0.2, 0.25) is 5.91 Å². The number of nitrogens with two attached hydrogens (primary N) is 1. The number of anilines is 2. The molecule has 25 heavy (non-hydrogen) atoms. The van der Waals surface area contributed by atoms with Crippen molar-refractivity contribution in [2.75, 3.05) is 11.1 Å². The van der Waals surface area contributed by atoms with E-state index >= 15 is 0 Å². The number of hydrogen-bond donors (Lipinski definition) is 3. The highest BCUT2D eigenvalue weighted by Gasteiger charge is 2.23. The van der Waals surface area contributed by atoms with Crippen molar-refractivity contribution in [3.63, 3.8) is 0 Å². The van der Waals surface area contributed by atoms with Gasteiger partial charge < -0.3 is 11.1 Å². The van der Waals surface area contributed by atoms with Crippen molar-refractivity contribution in [3.05, 3.63) is 34.9 Å². The number of rotatable bonds is 3. The molecule has 7 heteroatoms. The Bertz CT molecular complexity index is 946. The van der Waals surface area contributed by atoms with Gasteiger partial charge in [0, 0.05) is 22.0 Å². The van der Waals surface area contributed by atoms with Crippen LogP contribution in [0.1, 0.15) is 25.7 Å². The molecule has 0 unspecified atom stereocenters. The molecular weight excluding hydrogens is 382 g/mol. The molecule has 1 fully saturated rings. The topological polar surface area (TPSA) is 96.7 Å². The van der Waals surface area contributed by atoms with Crippen LogP contribution in [0, 0.1) is 5.92 Å². The number of nitrogen functional groups attached to an aromatic ring is 1. The van der Waals surface area contributed by atoms with E-state index in [4.69, 9.17) is 5.73 Å². The second-order valence-corrected chi connectivity index (χ2v) is 7.24. The molecular formula is C18H18BrN5O. The van der Waals surface area contributed by atoms with Crippen LogP contribution >= 0.6 is 15.9 Å². The van der Waals surface area contributed by atoms with Crippen LogP contribution in [0.15, 0.2) is 34.9 Å². The maximum atomic E-state index is 12.3. The van der Waals surface area contributed by atoms with E-state index in [1.54, 1.807) is 6.20 Å². The van der Waals surface area contributed by atoms with Crippen molar-refractivity contribution in [1.29, 1.82) is 0 Å². The molecule has 4 rings (SSSR count). The summed E-state index contributed by atoms with van der Waals surface area (Å²) in [4.78, 5) is 16.6. The van der Waals surface area contributed by atoms with Crippen LogP contribution in [-0.4, -0.2) is 21.1 Å². The molecule has 0 spiro atoms. The Kier molecular flexibility index (Phi) is 4.17. The molecule has 0 radical (unpaired) electrons. The van der Waals surface area contributed by atoms with Gasteiger partial charge in [-0.25, -0.2) is 4.98 Å². The molecule has 0 saturated heterocycles. The molecule has 0 bridgehead atoms. The largest absolute Gasteiger partial charge is 0.382 e. The van der Waals surface area contributed by atoms with Gasteiger partial charge in [0.15, 0.2) is 5.82 Å². The Balaban J connectivity index is 1.65. The first kappa shape index (κ1) is 16.1. The lowest BCUT2D eigenvalue weighted by atomic mass is 10.0. The third-order valence-electron chi connectivity index (χ3n) is 4.72. The summed E-state index contributed by atoms with van der Waals surface area (Å²) >= 11 is 3.55. The molecule has 1 saturated carbocycles. The summed E-state index contributed by atoms with van der Waals surface area (Å²) in [6, 6.07) is 7.78. The molecule has 0 atom stereocenters. The van der Waals surface area contributed by atoms with Crippen molar-refractivity contribution in [2.24, 2.45) is 5.92 Å². The highest BCUT2D eigenvalue weighted by Crippen LogP contribution is 2.33. The van der Waals surface area contributed by atoms with E-state index in [0.717, 1.165) is 52.2 Å². The van der Waals surface area contributed by atoms with Crippen LogP contribution in [0.3, 0.4) is 0 Å². The molecule has 1 amide bonds. The molecule has 4 N–H and O–H groups in total. The molecule has 2 aromatic heterocycles. The summed E-state index contributed by atoms with van der Waals surface area (Å²) in [6.45, 7) is 0. The van der Waals surface area contributed by atoms with Crippen LogP contribution < -0.4 is 11.1 Å². The van der Waals surface area contributed by atoms with Crippen molar-refractivity contribution in [2.45, 2.75) is 25.7 Å². The molecule has 1 aromatic carbocycles. The van der Waals surface area contributed by atoms with Gasteiger partial charge in [0.25, 0.3) is 0 Å². The maximum absolute atomic E-state index is 12.3. The standard InChI is InChI=1S/C18H18BrN5O/c19-14-8-12(7-13-16(14)23-24-17(13)20)11-5-6-21-15(9-11)22-18(25)10-3-1-2-4-10/h5-10H,1-4H2,(H3,20,23,24)(H,21,22,25). The van der Waals surface area contributed by atoms with E-state index in [0.29, 0.717) is 11.6 Å². The monoisotopic (exact) mass is 399 g/mol. The van der Waals surface area contributed by atoms with Crippen LogP contribution in [-0.2, 0) is 4.79 Å². The highest BCUT2D eigenvalue weighted by molar-refractivity contribution is 9.10. The minimum atomic E-state index is 0.0675. The fraction of sp³-hybridized carbons (Fsp3) is 0.278. The summed E-state index contributed by atoms with van der Waals surface area (Å²) in [7, 11) is 0. The number of H-pyrrole nitrogens is 1. The molecule has 1 aliphatic rings. The quantitative estimate of drug-likeness (QED) is 0.617. The van der Waals surface area contributed by atoms with Gasteiger partial charge in [0.1, 0.15) is 5.82 Å². The highest BCUT2D eigenvalue weighted by atomic mass is 79.9. The van der Waals surface area contributed by atoms with Gasteiger partial charge in [-0.2, -0.15) is 5.10 Å². The fourth-order valence-corrected chi connectivity index (χ4v) is 3.91. The molecule has 1 aliphatic carbocycles. The summed E-state index contributed by atoms with van der Waals surface area (Å²) in [6.07, 6.45) is 5.90. The zero-order chi connectivity index (χ0) is 17.4. The van der Waals surface area contributed by atoms with Gasteiger partial charge in [0.05, 0.1) is 5.52 Å². The van der Waals surface area contributed by atoms with E-state index < -0.39 is 0 Å². The predicted molar refractivity (Wildman–Crippen MR) is 102 cm³/mol. The van der Waals surface area contributed by atoms with Crippen molar-refractivity contribution in [3.8, 4) is 11.1 Å². The number of nitrogens with one attached hydrogen (secondary N) is 2. The number of benzene rings is 1. The van der Waals surface area contributed by atoms with E-state index in [1.807, 2.05) is 24.3 Å². The van der Waals surface area contributed by atoms with Crippen molar-refractivity contribution < 1.29 is 4.79 Å². The van der Waals surface area contributed by atoms with E-state index in [2.05, 4.69) is 36.4 Å². The summed E-state index contributed by atoms with van der Waals surface area (Å²) in [5, 5.41) is 10.8. The zero-order valence-corrected chi connectivity index (χ0v) is 15.1. The van der Waals surface area contributed by atoms with E-state index in [9.17, 15) is 4.79 Å². The number of carbonyl (C=O) groups is 1. The van der Waals surface area contributed by atoms with Gasteiger partial charge >= 0.3 is 0 Å². The lowest BCUT2D eigenvalue weighted by Gasteiger charge is -2.11. The normalized spacial score (nSPS) is 14.9. The average Bonchev–Trinajstić information content (AvgIpc) is 3.26. The first-order valence-electron chi connectivity index (χ1n) is 8.32. The predicted octanol–water partition coefficient (Wildman–Crippen LogP) is 4.10. The summed E-state index contributed by atoms with van der Waals surface area (Å²) < 4.78 is 0.887. The SMILES string of the molecule is Nc1n[nH]c2c(Br)cc(-c3ccnc(NC(=O)C4CCCC4)c3)cc12. The number of hydrogen-bond acceptors (Lipinski definition) is 4. The molecule has 0 aliphatic heterocycles.